The fourth-order valence-corrected chi connectivity index (χ4v) is 2.79. The first kappa shape index (κ1) is 12.8. The fraction of sp³-hybridized carbons (Fsp3) is 0.125. The Hall–Kier alpha value is -1.64. The lowest BCUT2D eigenvalue weighted by Crippen LogP contribution is -1.67. The number of hydrogen-bond acceptors (Lipinski definition) is 2. The zero-order chi connectivity index (χ0) is 12.8. The Kier molecular flexibility index (Phi) is 4.51. The molecule has 0 aliphatic rings. The van der Waals surface area contributed by atoms with E-state index in [1.54, 1.807) is 6.92 Å². The van der Waals surface area contributed by atoms with Gasteiger partial charge in [0.15, 0.2) is 0 Å². The standard InChI is InChI=1S/C14H10S.C2H6O/c1-2-6-11(7-3-1)14-10-12-8-4-5-9-13(12)15-14;1-2-3/h1-10H;3H,2H2,1H3. The molecule has 3 rings (SSSR count). The molecule has 1 aromatic heterocycles. The van der Waals surface area contributed by atoms with E-state index in [2.05, 4.69) is 60.7 Å². The van der Waals surface area contributed by atoms with E-state index in [4.69, 9.17) is 5.11 Å². The molecule has 1 nitrogen and oxygen atoms in total. The Labute approximate surface area is 111 Å². The summed E-state index contributed by atoms with van der Waals surface area (Å²) in [6.07, 6.45) is 0. The molecule has 2 heteroatoms. The maximum absolute atomic E-state index is 7.57. The van der Waals surface area contributed by atoms with Gasteiger partial charge in [-0.15, -0.1) is 11.3 Å². The molecule has 0 saturated heterocycles. The summed E-state index contributed by atoms with van der Waals surface area (Å²) >= 11 is 1.85. The fourth-order valence-electron chi connectivity index (χ4n) is 1.73. The Morgan fingerprint density at radius 3 is 2.22 bits per heavy atom. The van der Waals surface area contributed by atoms with E-state index in [9.17, 15) is 0 Å². The number of thiophene rings is 1. The minimum atomic E-state index is 0.250. The van der Waals surface area contributed by atoms with Crippen LogP contribution >= 0.6 is 11.3 Å². The van der Waals surface area contributed by atoms with E-state index in [1.165, 1.54) is 20.5 Å². The normalized spacial score (nSPS) is 9.89. The van der Waals surface area contributed by atoms with Crippen molar-refractivity contribution in [1.29, 1.82) is 0 Å². The smallest absolute Gasteiger partial charge is 0.0402 e. The summed E-state index contributed by atoms with van der Waals surface area (Å²) < 4.78 is 1.36. The third-order valence-electron chi connectivity index (χ3n) is 2.48. The molecular weight excluding hydrogens is 240 g/mol. The monoisotopic (exact) mass is 256 g/mol. The molecule has 0 fully saturated rings. The van der Waals surface area contributed by atoms with Crippen LogP contribution in [0.1, 0.15) is 6.92 Å². The van der Waals surface area contributed by atoms with Crippen LogP contribution in [0.4, 0.5) is 0 Å². The second-order valence-corrected chi connectivity index (χ2v) is 4.91. The van der Waals surface area contributed by atoms with Gasteiger partial charge in [-0.2, -0.15) is 0 Å². The predicted octanol–water partition coefficient (Wildman–Crippen LogP) is 4.57. The minimum absolute atomic E-state index is 0.250. The van der Waals surface area contributed by atoms with Gasteiger partial charge >= 0.3 is 0 Å². The Balaban J connectivity index is 0.000000367. The Morgan fingerprint density at radius 1 is 0.944 bits per heavy atom. The molecule has 0 amide bonds. The summed E-state index contributed by atoms with van der Waals surface area (Å²) in [5.74, 6) is 0. The maximum atomic E-state index is 7.57. The van der Waals surface area contributed by atoms with Gasteiger partial charge in [-0.05, 0) is 30.0 Å². The highest BCUT2D eigenvalue weighted by Gasteiger charge is 2.02. The van der Waals surface area contributed by atoms with Gasteiger partial charge in [0.1, 0.15) is 0 Å². The molecule has 0 radical (unpaired) electrons. The van der Waals surface area contributed by atoms with Gasteiger partial charge in [0.2, 0.25) is 0 Å². The second kappa shape index (κ2) is 6.34. The van der Waals surface area contributed by atoms with Crippen LogP contribution in [0.25, 0.3) is 20.5 Å². The summed E-state index contributed by atoms with van der Waals surface area (Å²) in [7, 11) is 0. The van der Waals surface area contributed by atoms with Crippen molar-refractivity contribution in [2.75, 3.05) is 6.61 Å². The van der Waals surface area contributed by atoms with E-state index in [1.807, 2.05) is 11.3 Å². The van der Waals surface area contributed by atoms with E-state index >= 15 is 0 Å². The summed E-state index contributed by atoms with van der Waals surface area (Å²) in [6.45, 7) is 1.93. The van der Waals surface area contributed by atoms with Crippen molar-refractivity contribution in [2.24, 2.45) is 0 Å². The number of hydrogen-bond donors (Lipinski definition) is 1. The molecular formula is C16H16OS. The molecule has 0 aliphatic carbocycles. The van der Waals surface area contributed by atoms with Crippen molar-refractivity contribution in [2.45, 2.75) is 6.92 Å². The number of aliphatic hydroxyl groups is 1. The zero-order valence-corrected chi connectivity index (χ0v) is 11.2. The molecule has 0 atom stereocenters. The lowest BCUT2D eigenvalue weighted by molar-refractivity contribution is 0.318. The van der Waals surface area contributed by atoms with Crippen molar-refractivity contribution in [1.82, 2.24) is 0 Å². The highest BCUT2D eigenvalue weighted by molar-refractivity contribution is 7.22. The van der Waals surface area contributed by atoms with Gasteiger partial charge in [-0.25, -0.2) is 0 Å². The number of fused-ring (bicyclic) bond motifs is 1. The van der Waals surface area contributed by atoms with Gasteiger partial charge < -0.3 is 5.11 Å². The van der Waals surface area contributed by atoms with Gasteiger partial charge in [-0.1, -0.05) is 48.5 Å². The summed E-state index contributed by atoms with van der Waals surface area (Å²) in [5, 5.41) is 8.90. The molecule has 3 aromatic rings. The number of aliphatic hydroxyl groups excluding tert-OH is 1. The van der Waals surface area contributed by atoms with Crippen molar-refractivity contribution in [3.63, 3.8) is 0 Å². The van der Waals surface area contributed by atoms with Crippen LogP contribution < -0.4 is 0 Å². The van der Waals surface area contributed by atoms with Gasteiger partial charge in [0.05, 0.1) is 0 Å². The van der Waals surface area contributed by atoms with Crippen LogP contribution in [-0.4, -0.2) is 11.7 Å². The highest BCUT2D eigenvalue weighted by atomic mass is 32.1. The Morgan fingerprint density at radius 2 is 1.56 bits per heavy atom. The molecule has 1 N–H and O–H groups in total. The number of benzene rings is 2. The predicted molar refractivity (Wildman–Crippen MR) is 80.0 cm³/mol. The van der Waals surface area contributed by atoms with Crippen molar-refractivity contribution < 1.29 is 5.11 Å². The molecule has 0 aliphatic heterocycles. The Bertz CT molecular complexity index is 566. The highest BCUT2D eigenvalue weighted by Crippen LogP contribution is 2.32. The van der Waals surface area contributed by atoms with E-state index in [0.717, 1.165) is 0 Å². The minimum Gasteiger partial charge on any atom is -0.397 e. The van der Waals surface area contributed by atoms with E-state index in [-0.39, 0.29) is 6.61 Å². The zero-order valence-electron chi connectivity index (χ0n) is 10.3. The average Bonchev–Trinajstić information content (AvgIpc) is 2.84. The van der Waals surface area contributed by atoms with E-state index < -0.39 is 0 Å². The first-order valence-corrected chi connectivity index (χ1v) is 6.81. The van der Waals surface area contributed by atoms with Crippen LogP contribution in [0.2, 0.25) is 0 Å². The van der Waals surface area contributed by atoms with Gasteiger partial charge in [0, 0.05) is 16.2 Å². The third-order valence-corrected chi connectivity index (χ3v) is 3.65. The molecule has 0 saturated carbocycles. The SMILES string of the molecule is CCO.c1ccc(-c2cc3ccccc3s2)cc1. The largest absolute Gasteiger partial charge is 0.397 e. The lowest BCUT2D eigenvalue weighted by Gasteiger charge is -1.93. The molecule has 1 heterocycles. The summed E-state index contributed by atoms with van der Waals surface area (Å²) in [6, 6.07) is 21.3. The third kappa shape index (κ3) is 2.97. The second-order valence-electron chi connectivity index (χ2n) is 3.83. The van der Waals surface area contributed by atoms with Gasteiger partial charge in [-0.3, -0.25) is 0 Å². The van der Waals surface area contributed by atoms with Crippen molar-refractivity contribution in [3.05, 3.63) is 60.7 Å². The summed E-state index contributed by atoms with van der Waals surface area (Å²) in [5.41, 5.74) is 1.30. The van der Waals surface area contributed by atoms with Crippen LogP contribution in [0.3, 0.4) is 0 Å². The molecule has 2 aromatic carbocycles. The number of rotatable bonds is 1. The molecule has 0 bridgehead atoms. The molecule has 0 unspecified atom stereocenters. The van der Waals surface area contributed by atoms with Crippen LogP contribution in [0.15, 0.2) is 60.7 Å². The molecule has 0 spiro atoms. The van der Waals surface area contributed by atoms with Crippen molar-refractivity contribution in [3.8, 4) is 10.4 Å². The summed E-state index contributed by atoms with van der Waals surface area (Å²) in [4.78, 5) is 1.34. The topological polar surface area (TPSA) is 20.2 Å². The van der Waals surface area contributed by atoms with E-state index in [0.29, 0.717) is 0 Å². The van der Waals surface area contributed by atoms with Crippen LogP contribution in [-0.2, 0) is 0 Å². The first-order valence-electron chi connectivity index (χ1n) is 6.00. The maximum Gasteiger partial charge on any atom is 0.0402 e. The van der Waals surface area contributed by atoms with Crippen molar-refractivity contribution >= 4 is 21.4 Å². The van der Waals surface area contributed by atoms with Crippen LogP contribution in [0.5, 0.6) is 0 Å². The quantitative estimate of drug-likeness (QED) is 0.676. The molecule has 92 valence electrons. The lowest BCUT2D eigenvalue weighted by atomic mass is 10.2. The first-order chi connectivity index (χ1) is 8.85. The van der Waals surface area contributed by atoms with Gasteiger partial charge in [0.25, 0.3) is 0 Å². The average molecular weight is 256 g/mol. The van der Waals surface area contributed by atoms with Crippen LogP contribution in [0, 0.1) is 0 Å². The molecule has 18 heavy (non-hydrogen) atoms.